The number of para-hydroxylation sites is 1. The van der Waals surface area contributed by atoms with Crippen LogP contribution in [-0.4, -0.2) is 48.5 Å². The number of hydrogen-bond donors (Lipinski definition) is 1. The Hall–Kier alpha value is -2.94. The first kappa shape index (κ1) is 22.4. The zero-order chi connectivity index (χ0) is 21.6. The van der Waals surface area contributed by atoms with Crippen LogP contribution in [-0.2, 0) is 14.8 Å². The number of ether oxygens (including phenoxy) is 3. The van der Waals surface area contributed by atoms with Gasteiger partial charge in [-0.15, -0.1) is 0 Å². The molecule has 1 amide bonds. The highest BCUT2D eigenvalue weighted by molar-refractivity contribution is 7.92. The van der Waals surface area contributed by atoms with Crippen LogP contribution in [0.4, 0.5) is 5.69 Å². The second kappa shape index (κ2) is 9.51. The Morgan fingerprint density at radius 2 is 1.69 bits per heavy atom. The van der Waals surface area contributed by atoms with Gasteiger partial charge in [0.2, 0.25) is 15.9 Å². The fraction of sp³-hybridized carbons (Fsp3) is 0.350. The highest BCUT2D eigenvalue weighted by atomic mass is 32.2. The van der Waals surface area contributed by atoms with Crippen LogP contribution in [0.25, 0.3) is 0 Å². The zero-order valence-electron chi connectivity index (χ0n) is 17.1. The van der Waals surface area contributed by atoms with Gasteiger partial charge in [-0.3, -0.25) is 9.10 Å². The molecule has 158 valence electrons. The van der Waals surface area contributed by atoms with Gasteiger partial charge in [-0.05, 0) is 25.1 Å². The van der Waals surface area contributed by atoms with E-state index in [9.17, 15) is 13.2 Å². The molecule has 0 aliphatic rings. The summed E-state index contributed by atoms with van der Waals surface area (Å²) in [7, 11) is 0.674. The Balaban J connectivity index is 2.29. The molecule has 1 N–H and O–H groups in total. The molecule has 0 spiro atoms. The van der Waals surface area contributed by atoms with E-state index in [2.05, 4.69) is 5.32 Å². The predicted octanol–water partition coefficient (Wildman–Crippen LogP) is 2.36. The average molecular weight is 423 g/mol. The molecule has 9 heteroatoms. The van der Waals surface area contributed by atoms with Crippen LogP contribution in [0.3, 0.4) is 0 Å². The molecule has 2 aromatic rings. The molecule has 0 bridgehead atoms. The maximum Gasteiger partial charge on any atom is 0.241 e. The monoisotopic (exact) mass is 422 g/mol. The van der Waals surface area contributed by atoms with Crippen molar-refractivity contribution in [1.29, 1.82) is 0 Å². The van der Waals surface area contributed by atoms with Crippen LogP contribution in [0.15, 0.2) is 42.5 Å². The van der Waals surface area contributed by atoms with Crippen molar-refractivity contribution in [1.82, 2.24) is 5.32 Å². The van der Waals surface area contributed by atoms with Crippen molar-refractivity contribution in [2.75, 3.05) is 38.4 Å². The van der Waals surface area contributed by atoms with E-state index in [1.807, 2.05) is 18.2 Å². The largest absolute Gasteiger partial charge is 0.497 e. The second-order valence-corrected chi connectivity index (χ2v) is 8.25. The van der Waals surface area contributed by atoms with Crippen LogP contribution < -0.4 is 23.8 Å². The normalized spacial score (nSPS) is 12.0. The summed E-state index contributed by atoms with van der Waals surface area (Å²) in [5.41, 5.74) is 1.00. The van der Waals surface area contributed by atoms with Crippen molar-refractivity contribution in [3.63, 3.8) is 0 Å². The molecule has 29 heavy (non-hydrogen) atoms. The molecule has 0 heterocycles. The molecule has 0 unspecified atom stereocenters. The lowest BCUT2D eigenvalue weighted by Crippen LogP contribution is -2.41. The quantitative estimate of drug-likeness (QED) is 0.667. The highest BCUT2D eigenvalue weighted by Crippen LogP contribution is 2.33. The number of nitrogens with one attached hydrogen (secondary N) is 1. The summed E-state index contributed by atoms with van der Waals surface area (Å²) in [6.07, 6.45) is 1.03. The second-order valence-electron chi connectivity index (χ2n) is 6.34. The Bertz CT molecular complexity index is 961. The summed E-state index contributed by atoms with van der Waals surface area (Å²) in [6, 6.07) is 11.7. The predicted molar refractivity (Wildman–Crippen MR) is 111 cm³/mol. The van der Waals surface area contributed by atoms with E-state index >= 15 is 0 Å². The number of anilines is 1. The van der Waals surface area contributed by atoms with Gasteiger partial charge in [-0.2, -0.15) is 0 Å². The van der Waals surface area contributed by atoms with Gasteiger partial charge < -0.3 is 19.5 Å². The number of carbonyl (C=O) groups is 1. The number of carbonyl (C=O) groups excluding carboxylic acids is 1. The van der Waals surface area contributed by atoms with E-state index in [0.717, 1.165) is 16.1 Å². The maximum absolute atomic E-state index is 12.7. The maximum atomic E-state index is 12.7. The van der Waals surface area contributed by atoms with Crippen molar-refractivity contribution in [3.05, 3.63) is 48.0 Å². The molecule has 0 fully saturated rings. The third-order valence-electron chi connectivity index (χ3n) is 4.33. The van der Waals surface area contributed by atoms with E-state index in [-0.39, 0.29) is 11.7 Å². The van der Waals surface area contributed by atoms with E-state index in [1.165, 1.54) is 20.3 Å². The smallest absolute Gasteiger partial charge is 0.241 e. The van der Waals surface area contributed by atoms with Crippen molar-refractivity contribution < 1.29 is 27.4 Å². The lowest BCUT2D eigenvalue weighted by molar-refractivity contribution is -0.120. The molecule has 1 atom stereocenters. The topological polar surface area (TPSA) is 94.2 Å². The Kier molecular flexibility index (Phi) is 7.33. The first-order valence-corrected chi connectivity index (χ1v) is 10.7. The van der Waals surface area contributed by atoms with Crippen molar-refractivity contribution >= 4 is 21.6 Å². The third kappa shape index (κ3) is 5.54. The Morgan fingerprint density at radius 3 is 2.28 bits per heavy atom. The number of amides is 1. The van der Waals surface area contributed by atoms with Gasteiger partial charge in [0, 0.05) is 11.6 Å². The molecule has 8 nitrogen and oxygen atoms in total. The number of nitrogens with zero attached hydrogens (tertiary/aromatic N) is 1. The summed E-state index contributed by atoms with van der Waals surface area (Å²) in [5, 5.41) is 2.81. The van der Waals surface area contributed by atoms with Crippen LogP contribution in [0.5, 0.6) is 17.2 Å². The Morgan fingerprint density at radius 1 is 1.03 bits per heavy atom. The standard InChI is InChI=1S/C20H26N2O6S/c1-14(16-8-6-7-9-18(16)27-3)21-20(23)13-22(29(5,24)25)17-12-15(26-2)10-11-19(17)28-4/h6-12,14H,13H2,1-5H3,(H,21,23)/t14-/m0/s1. The van der Waals surface area contributed by atoms with Crippen LogP contribution in [0, 0.1) is 0 Å². The van der Waals surface area contributed by atoms with Crippen LogP contribution >= 0.6 is 0 Å². The number of rotatable bonds is 9. The van der Waals surface area contributed by atoms with Crippen molar-refractivity contribution in [3.8, 4) is 17.2 Å². The number of benzene rings is 2. The molecule has 0 saturated heterocycles. The summed E-state index contributed by atoms with van der Waals surface area (Å²) >= 11 is 0. The van der Waals surface area contributed by atoms with E-state index in [4.69, 9.17) is 14.2 Å². The summed E-state index contributed by atoms with van der Waals surface area (Å²) in [5.74, 6) is 0.910. The van der Waals surface area contributed by atoms with Gasteiger partial charge >= 0.3 is 0 Å². The lowest BCUT2D eigenvalue weighted by Gasteiger charge is -2.25. The Labute approximate surface area is 171 Å². The fourth-order valence-corrected chi connectivity index (χ4v) is 3.74. The van der Waals surface area contributed by atoms with E-state index in [0.29, 0.717) is 17.2 Å². The number of methoxy groups -OCH3 is 3. The van der Waals surface area contributed by atoms with Gasteiger partial charge in [0.15, 0.2) is 0 Å². The molecule has 0 saturated carbocycles. The number of sulfonamides is 1. The first-order valence-electron chi connectivity index (χ1n) is 8.83. The van der Waals surface area contributed by atoms with E-state index < -0.39 is 22.5 Å². The molecule has 0 aliphatic heterocycles. The minimum atomic E-state index is -3.77. The van der Waals surface area contributed by atoms with Gasteiger partial charge in [-0.25, -0.2) is 8.42 Å². The number of hydrogen-bond acceptors (Lipinski definition) is 6. The van der Waals surface area contributed by atoms with Gasteiger partial charge in [0.05, 0.1) is 39.3 Å². The van der Waals surface area contributed by atoms with Crippen molar-refractivity contribution in [2.24, 2.45) is 0 Å². The molecule has 2 rings (SSSR count). The average Bonchev–Trinajstić information content (AvgIpc) is 2.70. The summed E-state index contributed by atoms with van der Waals surface area (Å²) in [6.45, 7) is 1.38. The SMILES string of the molecule is COc1ccc(OC)c(N(CC(=O)N[C@@H](C)c2ccccc2OC)S(C)(=O)=O)c1. The van der Waals surface area contributed by atoms with Gasteiger partial charge in [0.1, 0.15) is 23.8 Å². The molecular weight excluding hydrogens is 396 g/mol. The molecular formula is C20H26N2O6S. The van der Waals surface area contributed by atoms with Gasteiger partial charge in [-0.1, -0.05) is 18.2 Å². The molecule has 2 aromatic carbocycles. The summed E-state index contributed by atoms with van der Waals surface area (Å²) < 4.78 is 41.6. The molecule has 0 radical (unpaired) electrons. The van der Waals surface area contributed by atoms with Gasteiger partial charge in [0.25, 0.3) is 0 Å². The summed E-state index contributed by atoms with van der Waals surface area (Å²) in [4.78, 5) is 12.7. The fourth-order valence-electron chi connectivity index (χ4n) is 2.89. The molecule has 0 aliphatic carbocycles. The van der Waals surface area contributed by atoms with Crippen LogP contribution in [0.1, 0.15) is 18.5 Å². The highest BCUT2D eigenvalue weighted by Gasteiger charge is 2.25. The third-order valence-corrected chi connectivity index (χ3v) is 5.45. The van der Waals surface area contributed by atoms with Crippen LogP contribution in [0.2, 0.25) is 0 Å². The minimum absolute atomic E-state index is 0.217. The minimum Gasteiger partial charge on any atom is -0.497 e. The lowest BCUT2D eigenvalue weighted by atomic mass is 10.1. The first-order chi connectivity index (χ1) is 13.7. The van der Waals surface area contributed by atoms with E-state index in [1.54, 1.807) is 32.2 Å². The molecule has 0 aromatic heterocycles. The van der Waals surface area contributed by atoms with Crippen molar-refractivity contribution in [2.45, 2.75) is 13.0 Å². The zero-order valence-corrected chi connectivity index (χ0v) is 17.9.